The monoisotopic (exact) mass is 507 g/mol. The molecule has 0 radical (unpaired) electrons. The number of methoxy groups -OCH3 is 1. The Morgan fingerprint density at radius 3 is 2.47 bits per heavy atom. The fourth-order valence-corrected chi connectivity index (χ4v) is 6.78. The van der Waals surface area contributed by atoms with Crippen molar-refractivity contribution in [1.82, 2.24) is 9.21 Å². The number of carbonyl (C=O) groups is 2. The summed E-state index contributed by atoms with van der Waals surface area (Å²) in [5.41, 5.74) is 1.67. The van der Waals surface area contributed by atoms with Crippen molar-refractivity contribution in [3.63, 3.8) is 0 Å². The highest BCUT2D eigenvalue weighted by atomic mass is 32.2. The van der Waals surface area contributed by atoms with Crippen molar-refractivity contribution >= 4 is 38.2 Å². The van der Waals surface area contributed by atoms with Gasteiger partial charge in [-0.1, -0.05) is 27.2 Å². The van der Waals surface area contributed by atoms with Gasteiger partial charge in [0, 0.05) is 36.6 Å². The highest BCUT2D eigenvalue weighted by Gasteiger charge is 2.29. The van der Waals surface area contributed by atoms with Gasteiger partial charge in [-0.25, -0.2) is 13.2 Å². The Kier molecular flexibility index (Phi) is 8.86. The van der Waals surface area contributed by atoms with Crippen molar-refractivity contribution in [2.24, 2.45) is 0 Å². The number of sulfonamides is 1. The van der Waals surface area contributed by atoms with Crippen LogP contribution in [0.5, 0.6) is 0 Å². The molecule has 34 heavy (non-hydrogen) atoms. The molecule has 1 aromatic heterocycles. The lowest BCUT2D eigenvalue weighted by molar-refractivity contribution is 0.0600. The summed E-state index contributed by atoms with van der Waals surface area (Å²) in [6, 6.07) is 5.91. The molecule has 1 aliphatic heterocycles. The third-order valence-corrected chi connectivity index (χ3v) is 9.19. The van der Waals surface area contributed by atoms with Crippen LogP contribution in [0, 0.1) is 0 Å². The van der Waals surface area contributed by atoms with Gasteiger partial charge in [-0.15, -0.1) is 11.3 Å². The average molecular weight is 508 g/mol. The number of rotatable bonds is 10. The van der Waals surface area contributed by atoms with Crippen molar-refractivity contribution in [3.8, 4) is 0 Å². The number of nitrogens with one attached hydrogen (secondary N) is 1. The number of likely N-dealkylation sites (N-methyl/N-ethyl adjacent to an activating group) is 1. The van der Waals surface area contributed by atoms with E-state index in [2.05, 4.69) is 17.1 Å². The van der Waals surface area contributed by atoms with E-state index in [1.807, 2.05) is 13.8 Å². The molecule has 186 valence electrons. The smallest absolute Gasteiger partial charge is 0.341 e. The molecule has 1 aliphatic rings. The molecule has 0 aliphatic carbocycles. The molecule has 0 bridgehead atoms. The molecule has 1 amide bonds. The number of unbranched alkanes of at least 4 members (excludes halogenated alkanes) is 1. The number of ether oxygens (including phenoxy) is 1. The van der Waals surface area contributed by atoms with Gasteiger partial charge in [-0.05, 0) is 49.2 Å². The van der Waals surface area contributed by atoms with Gasteiger partial charge in [0.1, 0.15) is 5.00 Å². The van der Waals surface area contributed by atoms with E-state index in [1.165, 1.54) is 47.0 Å². The van der Waals surface area contributed by atoms with Crippen LogP contribution in [0.3, 0.4) is 0 Å². The van der Waals surface area contributed by atoms with Gasteiger partial charge in [-0.3, -0.25) is 9.69 Å². The summed E-state index contributed by atoms with van der Waals surface area (Å²) in [7, 11) is -2.29. The Morgan fingerprint density at radius 2 is 1.88 bits per heavy atom. The Morgan fingerprint density at radius 1 is 1.18 bits per heavy atom. The fraction of sp³-hybridized carbons (Fsp3) is 0.500. The van der Waals surface area contributed by atoms with Gasteiger partial charge in [0.05, 0.1) is 17.6 Å². The Hall–Kier alpha value is -2.27. The van der Waals surface area contributed by atoms with Crippen LogP contribution < -0.4 is 5.32 Å². The second-order valence-electron chi connectivity index (χ2n) is 8.15. The molecule has 0 fully saturated rings. The standard InChI is InChI=1S/C24H33N3O5S2/c1-5-8-14-27(7-3)34(30,31)18-11-9-17(10-12-18)22(28)25-23-21(24(29)32-4)19-13-15-26(6-2)16-20(19)33-23/h9-12H,5-8,13-16H2,1-4H3,(H,25,28). The third kappa shape index (κ3) is 5.51. The lowest BCUT2D eigenvalue weighted by atomic mass is 10.0. The number of hydrogen-bond acceptors (Lipinski definition) is 7. The van der Waals surface area contributed by atoms with Gasteiger partial charge in [0.2, 0.25) is 10.0 Å². The lowest BCUT2D eigenvalue weighted by Crippen LogP contribution is -2.31. The van der Waals surface area contributed by atoms with Gasteiger partial charge < -0.3 is 10.1 Å². The number of carbonyl (C=O) groups excluding carboxylic acids is 2. The van der Waals surface area contributed by atoms with Crippen LogP contribution in [0.25, 0.3) is 0 Å². The van der Waals surface area contributed by atoms with Crippen molar-refractivity contribution < 1.29 is 22.7 Å². The zero-order chi connectivity index (χ0) is 24.9. The van der Waals surface area contributed by atoms with Gasteiger partial charge in [0.25, 0.3) is 5.91 Å². The van der Waals surface area contributed by atoms with E-state index in [-0.39, 0.29) is 4.90 Å². The largest absolute Gasteiger partial charge is 0.465 e. The topological polar surface area (TPSA) is 96.0 Å². The van der Waals surface area contributed by atoms with Gasteiger partial charge in [-0.2, -0.15) is 4.31 Å². The number of anilines is 1. The summed E-state index contributed by atoms with van der Waals surface area (Å²) < 4.78 is 32.3. The molecule has 8 nitrogen and oxygen atoms in total. The summed E-state index contributed by atoms with van der Waals surface area (Å²) in [4.78, 5) is 29.0. The fourth-order valence-electron chi connectivity index (χ4n) is 4.02. The molecule has 10 heteroatoms. The minimum atomic E-state index is -3.62. The minimum absolute atomic E-state index is 0.156. The molecule has 1 aromatic carbocycles. The Bertz CT molecular complexity index is 1130. The summed E-state index contributed by atoms with van der Waals surface area (Å²) in [6.45, 7) is 9.27. The predicted molar refractivity (Wildman–Crippen MR) is 134 cm³/mol. The number of benzene rings is 1. The average Bonchev–Trinajstić information content (AvgIpc) is 3.20. The highest BCUT2D eigenvalue weighted by Crippen LogP contribution is 2.37. The Balaban J connectivity index is 1.83. The van der Waals surface area contributed by atoms with E-state index in [0.29, 0.717) is 29.2 Å². The second kappa shape index (κ2) is 11.4. The summed E-state index contributed by atoms with van der Waals surface area (Å²) in [5, 5.41) is 3.32. The third-order valence-electron chi connectivity index (χ3n) is 6.07. The first kappa shape index (κ1) is 26.3. The van der Waals surface area contributed by atoms with Crippen LogP contribution in [0.4, 0.5) is 5.00 Å². The molecular formula is C24H33N3O5S2. The number of esters is 1. The molecule has 0 spiro atoms. The Labute approximate surface area is 205 Å². The number of thiophene rings is 1. The van der Waals surface area contributed by atoms with Crippen LogP contribution >= 0.6 is 11.3 Å². The SMILES string of the molecule is CCCCN(CC)S(=O)(=O)c1ccc(C(=O)Nc2sc3c(c2C(=O)OC)CCN(CC)C3)cc1. The van der Waals surface area contributed by atoms with Crippen molar-refractivity contribution in [3.05, 3.63) is 45.8 Å². The maximum absolute atomic E-state index is 13.0. The zero-order valence-corrected chi connectivity index (χ0v) is 21.9. The van der Waals surface area contributed by atoms with Crippen LogP contribution in [0.15, 0.2) is 29.2 Å². The van der Waals surface area contributed by atoms with Crippen LogP contribution in [-0.4, -0.2) is 62.8 Å². The summed E-state index contributed by atoms with van der Waals surface area (Å²) >= 11 is 1.39. The summed E-state index contributed by atoms with van der Waals surface area (Å²) in [6.07, 6.45) is 2.41. The van der Waals surface area contributed by atoms with E-state index in [4.69, 9.17) is 4.74 Å². The van der Waals surface area contributed by atoms with E-state index < -0.39 is 21.9 Å². The quantitative estimate of drug-likeness (QED) is 0.489. The maximum Gasteiger partial charge on any atom is 0.341 e. The molecule has 0 saturated carbocycles. The lowest BCUT2D eigenvalue weighted by Gasteiger charge is -2.25. The van der Waals surface area contributed by atoms with Crippen molar-refractivity contribution in [2.45, 2.75) is 51.5 Å². The predicted octanol–water partition coefficient (Wildman–Crippen LogP) is 3.98. The molecule has 2 aromatic rings. The minimum Gasteiger partial charge on any atom is -0.465 e. The zero-order valence-electron chi connectivity index (χ0n) is 20.2. The number of amides is 1. The van der Waals surface area contributed by atoms with Crippen molar-refractivity contribution in [2.75, 3.05) is 38.6 Å². The highest BCUT2D eigenvalue weighted by molar-refractivity contribution is 7.89. The first-order chi connectivity index (χ1) is 16.3. The van der Waals surface area contributed by atoms with Crippen LogP contribution in [0.2, 0.25) is 0 Å². The van der Waals surface area contributed by atoms with Gasteiger partial charge in [0.15, 0.2) is 0 Å². The first-order valence-electron chi connectivity index (χ1n) is 11.6. The van der Waals surface area contributed by atoms with Gasteiger partial charge >= 0.3 is 5.97 Å². The molecule has 0 saturated heterocycles. The molecule has 0 unspecified atom stereocenters. The van der Waals surface area contributed by atoms with E-state index in [1.54, 1.807) is 0 Å². The first-order valence-corrected chi connectivity index (χ1v) is 13.9. The number of fused-ring (bicyclic) bond motifs is 1. The van der Waals surface area contributed by atoms with E-state index >= 15 is 0 Å². The maximum atomic E-state index is 13.0. The second-order valence-corrected chi connectivity index (χ2v) is 11.2. The van der Waals surface area contributed by atoms with E-state index in [0.717, 1.165) is 49.3 Å². The number of nitrogens with zero attached hydrogens (tertiary/aromatic N) is 2. The molecule has 2 heterocycles. The molecular weight excluding hydrogens is 474 g/mol. The molecule has 0 atom stereocenters. The number of hydrogen-bond donors (Lipinski definition) is 1. The van der Waals surface area contributed by atoms with Crippen molar-refractivity contribution in [1.29, 1.82) is 0 Å². The summed E-state index contributed by atoms with van der Waals surface area (Å²) in [5.74, 6) is -0.871. The normalized spacial score (nSPS) is 14.1. The van der Waals surface area contributed by atoms with E-state index in [9.17, 15) is 18.0 Å². The van der Waals surface area contributed by atoms with Crippen LogP contribution in [0.1, 0.15) is 64.8 Å². The molecule has 1 N–H and O–H groups in total. The molecule has 3 rings (SSSR count). The van der Waals surface area contributed by atoms with Crippen LogP contribution in [-0.2, 0) is 27.7 Å².